The number of rotatable bonds is 10. The molecule has 2 aromatic rings. The van der Waals surface area contributed by atoms with Crippen molar-refractivity contribution in [3.63, 3.8) is 0 Å². The molecule has 0 atom stereocenters. The van der Waals surface area contributed by atoms with Crippen molar-refractivity contribution in [2.45, 2.75) is 56.8 Å². The van der Waals surface area contributed by atoms with Crippen molar-refractivity contribution >= 4 is 10.1 Å². The Morgan fingerprint density at radius 1 is 1.00 bits per heavy atom. The third-order valence-electron chi connectivity index (χ3n) is 4.18. The predicted molar refractivity (Wildman–Crippen MR) is 99.3 cm³/mol. The van der Waals surface area contributed by atoms with Crippen LogP contribution in [0.5, 0.6) is 17.2 Å². The number of hydrogen-bond donors (Lipinski definition) is 1. The fraction of sp³-hybridized carbons (Fsp3) is 0.400. The maximum atomic E-state index is 12.3. The van der Waals surface area contributed by atoms with Gasteiger partial charge in [-0.1, -0.05) is 69.0 Å². The summed E-state index contributed by atoms with van der Waals surface area (Å²) in [5, 5.41) is 12.3. The molecule has 0 saturated carbocycles. The summed E-state index contributed by atoms with van der Waals surface area (Å²) >= 11 is 0. The molecule has 0 fully saturated rings. The van der Waals surface area contributed by atoms with Gasteiger partial charge in [-0.05, 0) is 30.5 Å². The van der Waals surface area contributed by atoms with Crippen molar-refractivity contribution in [1.82, 2.24) is 0 Å². The zero-order chi connectivity index (χ0) is 19.0. The quantitative estimate of drug-likeness (QED) is 0.373. The molecular formula is C20H25NaO5S. The average Bonchev–Trinajstić information content (AvgIpc) is 2.60. The van der Waals surface area contributed by atoms with E-state index in [0.717, 1.165) is 38.2 Å². The van der Waals surface area contributed by atoms with Gasteiger partial charge < -0.3 is 9.84 Å². The first-order valence-corrected chi connectivity index (χ1v) is 10.4. The number of para-hydroxylation sites is 1. The molecule has 2 aromatic carbocycles. The van der Waals surface area contributed by atoms with Crippen LogP contribution in [0.2, 0.25) is 0 Å². The molecular weight excluding hydrogens is 375 g/mol. The second kappa shape index (κ2) is 11.7. The van der Waals surface area contributed by atoms with E-state index in [2.05, 4.69) is 6.92 Å². The van der Waals surface area contributed by atoms with Gasteiger partial charge in [0.1, 0.15) is 16.4 Å². The maximum Gasteiger partial charge on any atom is 1.00 e. The molecule has 142 valence electrons. The summed E-state index contributed by atoms with van der Waals surface area (Å²) in [6.45, 7) is 2.15. The van der Waals surface area contributed by atoms with Gasteiger partial charge in [0.05, 0.1) is 0 Å². The van der Waals surface area contributed by atoms with Gasteiger partial charge in [-0.2, -0.15) is 8.42 Å². The molecule has 5 nitrogen and oxygen atoms in total. The van der Waals surface area contributed by atoms with Crippen LogP contribution in [0.4, 0.5) is 0 Å². The molecule has 1 N–H and O–H groups in total. The van der Waals surface area contributed by atoms with Crippen molar-refractivity contribution in [1.29, 1.82) is 0 Å². The summed E-state index contributed by atoms with van der Waals surface area (Å²) in [5.74, 6) is -0.0904. The van der Waals surface area contributed by atoms with Gasteiger partial charge >= 0.3 is 29.6 Å². The van der Waals surface area contributed by atoms with Crippen LogP contribution in [0.3, 0.4) is 0 Å². The van der Waals surface area contributed by atoms with Gasteiger partial charge in [-0.3, -0.25) is 4.55 Å². The van der Waals surface area contributed by atoms with Gasteiger partial charge in [-0.25, -0.2) is 0 Å². The second-order valence-corrected chi connectivity index (χ2v) is 7.70. The minimum Gasteiger partial charge on any atom is -0.870 e. The fourth-order valence-corrected chi connectivity index (χ4v) is 3.56. The standard InChI is InChI=1S/C20H26O5S.Na/c1-2-3-4-5-6-8-11-16-14-18(21)19(15-20(16)26(22,23)24)25-17-12-9-7-10-13-17;/h7,9-10,12-15,21H,2-6,8,11H2,1H3,(H,22,23,24);/q;+1/p-1. The van der Waals surface area contributed by atoms with Crippen LogP contribution >= 0.6 is 0 Å². The van der Waals surface area contributed by atoms with Crippen LogP contribution in [0.1, 0.15) is 51.0 Å². The van der Waals surface area contributed by atoms with Crippen molar-refractivity contribution in [2.75, 3.05) is 0 Å². The van der Waals surface area contributed by atoms with Crippen LogP contribution < -0.4 is 39.4 Å². The molecule has 0 aromatic heterocycles. The molecule has 2 rings (SSSR count). The van der Waals surface area contributed by atoms with Gasteiger partial charge in [-0.15, -0.1) is 0 Å². The van der Waals surface area contributed by atoms with E-state index in [1.165, 1.54) is 12.5 Å². The smallest absolute Gasteiger partial charge is 0.870 e. The van der Waals surface area contributed by atoms with E-state index in [0.29, 0.717) is 17.7 Å². The summed E-state index contributed by atoms with van der Waals surface area (Å²) < 4.78 is 38.5. The SMILES string of the molecule is CCCCCCCCc1cc([O-])c(Oc2ccccc2)cc1S(=O)(=O)O.[Na+]. The number of benzene rings is 2. The van der Waals surface area contributed by atoms with Gasteiger partial charge in [0.2, 0.25) is 0 Å². The summed E-state index contributed by atoms with van der Waals surface area (Å²) in [7, 11) is -4.44. The number of unbranched alkanes of at least 4 members (excludes halogenated alkanes) is 5. The van der Waals surface area contributed by atoms with Crippen molar-refractivity contribution < 1.29 is 52.4 Å². The Morgan fingerprint density at radius 2 is 1.63 bits per heavy atom. The topological polar surface area (TPSA) is 86.7 Å². The first-order valence-electron chi connectivity index (χ1n) is 8.96. The van der Waals surface area contributed by atoms with Crippen molar-refractivity contribution in [3.8, 4) is 17.2 Å². The molecule has 0 aliphatic heterocycles. The monoisotopic (exact) mass is 400 g/mol. The van der Waals surface area contributed by atoms with Crippen LogP contribution in [-0.4, -0.2) is 13.0 Å². The number of hydrogen-bond acceptors (Lipinski definition) is 4. The Balaban J connectivity index is 0.00000364. The first kappa shape index (κ1) is 24.0. The Morgan fingerprint density at radius 3 is 2.26 bits per heavy atom. The molecule has 0 radical (unpaired) electrons. The minimum atomic E-state index is -4.44. The normalized spacial score (nSPS) is 11.0. The van der Waals surface area contributed by atoms with E-state index in [-0.39, 0.29) is 40.2 Å². The van der Waals surface area contributed by atoms with E-state index in [1.54, 1.807) is 30.3 Å². The molecule has 0 amide bonds. The summed E-state index contributed by atoms with van der Waals surface area (Å²) in [5.41, 5.74) is 0.341. The maximum absolute atomic E-state index is 12.3. The first-order chi connectivity index (χ1) is 12.4. The summed E-state index contributed by atoms with van der Waals surface area (Å²) in [6.07, 6.45) is 6.74. The summed E-state index contributed by atoms with van der Waals surface area (Å²) in [4.78, 5) is -0.253. The third kappa shape index (κ3) is 7.84. The van der Waals surface area contributed by atoms with E-state index in [9.17, 15) is 18.1 Å². The molecule has 0 aliphatic carbocycles. The van der Waals surface area contributed by atoms with Crippen LogP contribution in [-0.2, 0) is 16.5 Å². The van der Waals surface area contributed by atoms with Crippen LogP contribution in [0.15, 0.2) is 47.4 Å². The van der Waals surface area contributed by atoms with Gasteiger partial charge in [0, 0.05) is 6.07 Å². The Kier molecular flexibility index (Phi) is 10.4. The van der Waals surface area contributed by atoms with Crippen molar-refractivity contribution in [3.05, 3.63) is 48.0 Å². The Bertz CT molecular complexity index is 807. The van der Waals surface area contributed by atoms with Gasteiger partial charge in [0.25, 0.3) is 10.1 Å². The molecule has 7 heteroatoms. The van der Waals surface area contributed by atoms with E-state index < -0.39 is 15.9 Å². The summed E-state index contributed by atoms with van der Waals surface area (Å²) in [6, 6.07) is 11.0. The molecule has 0 aliphatic rings. The largest absolute Gasteiger partial charge is 1.00 e. The Hall–Kier alpha value is -1.05. The minimum absolute atomic E-state index is 0. The van der Waals surface area contributed by atoms with Gasteiger partial charge in [0.15, 0.2) is 0 Å². The van der Waals surface area contributed by atoms with Crippen molar-refractivity contribution in [2.24, 2.45) is 0 Å². The number of aryl methyl sites for hydroxylation is 1. The molecule has 27 heavy (non-hydrogen) atoms. The molecule has 0 heterocycles. The van der Waals surface area contributed by atoms with Crippen LogP contribution in [0, 0.1) is 0 Å². The third-order valence-corrected chi connectivity index (χ3v) is 5.11. The predicted octanol–water partition coefficient (Wildman–Crippen LogP) is 1.71. The zero-order valence-corrected chi connectivity index (χ0v) is 18.8. The molecule has 0 spiro atoms. The molecule has 0 bridgehead atoms. The number of ether oxygens (including phenoxy) is 1. The van der Waals surface area contributed by atoms with Crippen LogP contribution in [0.25, 0.3) is 0 Å². The zero-order valence-electron chi connectivity index (χ0n) is 16.0. The fourth-order valence-electron chi connectivity index (χ4n) is 2.81. The second-order valence-electron chi connectivity index (χ2n) is 6.31. The molecule has 0 saturated heterocycles. The molecule has 0 unspecified atom stereocenters. The average molecular weight is 400 g/mol. The Labute approximate surface area is 183 Å². The van der Waals surface area contributed by atoms with E-state index >= 15 is 0 Å². The van der Waals surface area contributed by atoms with E-state index in [1.807, 2.05) is 0 Å². The van der Waals surface area contributed by atoms with E-state index in [4.69, 9.17) is 4.74 Å².